The first-order valence-electron chi connectivity index (χ1n) is 9.97. The van der Waals surface area contributed by atoms with E-state index in [0.717, 1.165) is 31.1 Å². The quantitative estimate of drug-likeness (QED) is 0.773. The van der Waals surface area contributed by atoms with E-state index in [1.54, 1.807) is 12.3 Å². The van der Waals surface area contributed by atoms with Crippen molar-refractivity contribution in [2.24, 2.45) is 5.92 Å². The number of nitrogens with zero attached hydrogens (tertiary/aromatic N) is 1. The summed E-state index contributed by atoms with van der Waals surface area (Å²) in [6.45, 7) is 6.08. The Labute approximate surface area is 170 Å². The molecular formula is C23H30N2O2S. The summed E-state index contributed by atoms with van der Waals surface area (Å²) in [5, 5.41) is 3.05. The number of hydrogen-bond donors (Lipinski definition) is 1. The molecule has 2 aromatic carbocycles. The minimum absolute atomic E-state index is 0.0923. The maximum atomic E-state index is 12.6. The summed E-state index contributed by atoms with van der Waals surface area (Å²) in [6.07, 6.45) is 4.20. The van der Waals surface area contributed by atoms with Crippen LogP contribution in [-0.4, -0.2) is 34.4 Å². The van der Waals surface area contributed by atoms with Crippen molar-refractivity contribution < 1.29 is 9.00 Å². The Kier molecular flexibility index (Phi) is 7.40. The van der Waals surface area contributed by atoms with Crippen molar-refractivity contribution in [1.82, 2.24) is 10.2 Å². The van der Waals surface area contributed by atoms with Gasteiger partial charge in [-0.05, 0) is 60.7 Å². The summed E-state index contributed by atoms with van der Waals surface area (Å²) >= 11 is 0. The number of amides is 1. The molecule has 0 radical (unpaired) electrons. The molecule has 1 amide bonds. The molecule has 1 saturated heterocycles. The Bertz CT molecular complexity index is 829. The van der Waals surface area contributed by atoms with E-state index in [0.29, 0.717) is 17.9 Å². The molecule has 2 aromatic rings. The number of carbonyl (C=O) groups excluding carboxylic acids is 1. The topological polar surface area (TPSA) is 49.4 Å². The van der Waals surface area contributed by atoms with Gasteiger partial charge in [-0.1, -0.05) is 43.3 Å². The van der Waals surface area contributed by atoms with E-state index >= 15 is 0 Å². The molecule has 0 spiro atoms. The Morgan fingerprint density at radius 2 is 1.82 bits per heavy atom. The summed E-state index contributed by atoms with van der Waals surface area (Å²) < 4.78 is 11.4. The summed E-state index contributed by atoms with van der Waals surface area (Å²) in [6, 6.07) is 15.8. The number of hydrogen-bond acceptors (Lipinski definition) is 3. The molecule has 5 heteroatoms. The minimum atomic E-state index is -0.917. The van der Waals surface area contributed by atoms with Crippen LogP contribution in [0.3, 0.4) is 0 Å². The average Bonchev–Trinajstić information content (AvgIpc) is 2.68. The highest BCUT2D eigenvalue weighted by Crippen LogP contribution is 2.20. The summed E-state index contributed by atoms with van der Waals surface area (Å²) in [5.74, 6) is 1.20. The average molecular weight is 399 g/mol. The lowest BCUT2D eigenvalue weighted by molar-refractivity contribution is 0.0950. The van der Waals surface area contributed by atoms with Gasteiger partial charge in [0.05, 0.1) is 0 Å². The number of rotatable bonds is 7. The molecule has 0 aliphatic carbocycles. The predicted octanol–water partition coefficient (Wildman–Crippen LogP) is 3.73. The molecule has 3 rings (SSSR count). The summed E-state index contributed by atoms with van der Waals surface area (Å²) in [7, 11) is -0.917. The van der Waals surface area contributed by atoms with E-state index in [1.807, 2.05) is 24.3 Å². The lowest BCUT2D eigenvalue weighted by atomic mass is 9.98. The highest BCUT2D eigenvalue weighted by Gasteiger charge is 2.17. The van der Waals surface area contributed by atoms with Crippen molar-refractivity contribution in [3.8, 4) is 0 Å². The fraction of sp³-hybridized carbons (Fsp3) is 0.435. The molecular weight excluding hydrogens is 368 g/mol. The molecule has 1 fully saturated rings. The van der Waals surface area contributed by atoms with Gasteiger partial charge < -0.3 is 5.32 Å². The zero-order valence-electron chi connectivity index (χ0n) is 16.8. The van der Waals surface area contributed by atoms with Crippen LogP contribution in [0.2, 0.25) is 0 Å². The molecule has 0 saturated carbocycles. The Balaban J connectivity index is 1.61. The predicted molar refractivity (Wildman–Crippen MR) is 115 cm³/mol. The van der Waals surface area contributed by atoms with E-state index in [2.05, 4.69) is 35.3 Å². The maximum Gasteiger partial charge on any atom is 0.251 e. The van der Waals surface area contributed by atoms with E-state index in [-0.39, 0.29) is 5.91 Å². The molecule has 28 heavy (non-hydrogen) atoms. The van der Waals surface area contributed by atoms with Crippen LogP contribution in [0.1, 0.15) is 46.8 Å². The standard InChI is InChI=1S/C23H30N2O2S/c1-18-10-12-25(13-11-18)16-22-8-4-3-7-21(22)15-24-23(26)20-9-5-6-19(14-20)17-28(2)27/h3-9,14,18H,10-13,15-17H2,1-2H3,(H,24,26)/t28-/m0/s1. The lowest BCUT2D eigenvalue weighted by Crippen LogP contribution is -2.33. The fourth-order valence-corrected chi connectivity index (χ4v) is 4.31. The molecule has 0 bridgehead atoms. The van der Waals surface area contributed by atoms with Crippen LogP contribution in [0.4, 0.5) is 0 Å². The molecule has 1 heterocycles. The molecule has 4 nitrogen and oxygen atoms in total. The SMILES string of the molecule is CC1CCN(Cc2ccccc2CNC(=O)c2cccc(C[S@](C)=O)c2)CC1. The van der Waals surface area contributed by atoms with Gasteiger partial charge in [0.2, 0.25) is 0 Å². The van der Waals surface area contributed by atoms with Crippen LogP contribution >= 0.6 is 0 Å². The highest BCUT2D eigenvalue weighted by atomic mass is 32.2. The minimum Gasteiger partial charge on any atom is -0.348 e. The molecule has 1 aliphatic rings. The smallest absolute Gasteiger partial charge is 0.251 e. The van der Waals surface area contributed by atoms with Crippen LogP contribution in [-0.2, 0) is 29.6 Å². The van der Waals surface area contributed by atoms with Gasteiger partial charge in [-0.2, -0.15) is 0 Å². The van der Waals surface area contributed by atoms with Crippen LogP contribution in [0, 0.1) is 5.92 Å². The number of benzene rings is 2. The highest BCUT2D eigenvalue weighted by molar-refractivity contribution is 7.83. The normalized spacial score (nSPS) is 16.6. The van der Waals surface area contributed by atoms with Gasteiger partial charge >= 0.3 is 0 Å². The van der Waals surface area contributed by atoms with Crippen LogP contribution in [0.15, 0.2) is 48.5 Å². The molecule has 0 aromatic heterocycles. The van der Waals surface area contributed by atoms with Crippen molar-refractivity contribution in [2.45, 2.75) is 38.6 Å². The molecule has 1 aliphatic heterocycles. The van der Waals surface area contributed by atoms with Crippen LogP contribution in [0.25, 0.3) is 0 Å². The Morgan fingerprint density at radius 3 is 2.54 bits per heavy atom. The van der Waals surface area contributed by atoms with E-state index in [4.69, 9.17) is 0 Å². The third-order valence-electron chi connectivity index (χ3n) is 5.39. The molecule has 0 unspecified atom stereocenters. The van der Waals surface area contributed by atoms with Gasteiger partial charge in [0.25, 0.3) is 5.91 Å². The zero-order chi connectivity index (χ0) is 19.9. The van der Waals surface area contributed by atoms with Crippen molar-refractivity contribution in [1.29, 1.82) is 0 Å². The first-order valence-corrected chi connectivity index (χ1v) is 11.7. The Hall–Kier alpha value is -1.98. The van der Waals surface area contributed by atoms with Gasteiger partial charge in [0.15, 0.2) is 0 Å². The number of likely N-dealkylation sites (tertiary alicyclic amines) is 1. The third-order valence-corrected chi connectivity index (χ3v) is 6.13. The van der Waals surface area contributed by atoms with Crippen LogP contribution in [0.5, 0.6) is 0 Å². The third kappa shape index (κ3) is 6.01. The van der Waals surface area contributed by atoms with Gasteiger partial charge in [-0.15, -0.1) is 0 Å². The van der Waals surface area contributed by atoms with Gasteiger partial charge in [-0.3, -0.25) is 13.9 Å². The first-order chi connectivity index (χ1) is 13.5. The van der Waals surface area contributed by atoms with E-state index < -0.39 is 10.8 Å². The second-order valence-corrected chi connectivity index (χ2v) is 9.26. The first kappa shape index (κ1) is 20.7. The maximum absolute atomic E-state index is 12.6. The summed E-state index contributed by atoms with van der Waals surface area (Å²) in [5.41, 5.74) is 3.99. The van der Waals surface area contributed by atoms with Gasteiger partial charge in [0.1, 0.15) is 0 Å². The Morgan fingerprint density at radius 1 is 1.11 bits per heavy atom. The zero-order valence-corrected chi connectivity index (χ0v) is 17.6. The molecule has 1 atom stereocenters. The van der Waals surface area contributed by atoms with Crippen molar-refractivity contribution in [3.63, 3.8) is 0 Å². The van der Waals surface area contributed by atoms with Crippen molar-refractivity contribution >= 4 is 16.7 Å². The largest absolute Gasteiger partial charge is 0.348 e. The second kappa shape index (κ2) is 9.99. The van der Waals surface area contributed by atoms with E-state index in [9.17, 15) is 9.00 Å². The number of piperidine rings is 1. The second-order valence-electron chi connectivity index (χ2n) is 7.83. The number of nitrogens with one attached hydrogen (secondary N) is 1. The van der Waals surface area contributed by atoms with E-state index in [1.165, 1.54) is 24.0 Å². The fourth-order valence-electron chi connectivity index (χ4n) is 3.66. The van der Waals surface area contributed by atoms with Gasteiger partial charge in [-0.25, -0.2) is 0 Å². The molecule has 1 N–H and O–H groups in total. The molecule has 150 valence electrons. The van der Waals surface area contributed by atoms with Crippen LogP contribution < -0.4 is 5.32 Å². The van der Waals surface area contributed by atoms with Crippen molar-refractivity contribution in [3.05, 3.63) is 70.8 Å². The number of carbonyl (C=O) groups is 1. The van der Waals surface area contributed by atoms with Gasteiger partial charge in [0, 0.05) is 41.5 Å². The lowest BCUT2D eigenvalue weighted by Gasteiger charge is -2.30. The monoisotopic (exact) mass is 398 g/mol. The summed E-state index contributed by atoms with van der Waals surface area (Å²) in [4.78, 5) is 15.1. The van der Waals surface area contributed by atoms with Crippen molar-refractivity contribution in [2.75, 3.05) is 19.3 Å².